The summed E-state index contributed by atoms with van der Waals surface area (Å²) in [7, 11) is -2.98. The number of carboxylic acids is 1. The van der Waals surface area contributed by atoms with E-state index in [0.29, 0.717) is 24.3 Å². The number of anilines is 1. The van der Waals surface area contributed by atoms with E-state index in [1.54, 1.807) is 18.2 Å². The van der Waals surface area contributed by atoms with Crippen molar-refractivity contribution in [2.45, 2.75) is 0 Å². The van der Waals surface area contributed by atoms with Crippen LogP contribution < -0.4 is 4.90 Å². The van der Waals surface area contributed by atoms with Gasteiger partial charge < -0.3 is 10.0 Å². The first-order valence-corrected chi connectivity index (χ1v) is 9.86. The lowest BCUT2D eigenvalue weighted by Gasteiger charge is -2.29. The van der Waals surface area contributed by atoms with Gasteiger partial charge in [-0.15, -0.1) is 11.3 Å². The number of carbonyl (C=O) groups is 1. The summed E-state index contributed by atoms with van der Waals surface area (Å²) in [6.07, 6.45) is 0. The Morgan fingerprint density at radius 2 is 1.92 bits per heavy atom. The quantitative estimate of drug-likeness (QED) is 0.899. The van der Waals surface area contributed by atoms with Gasteiger partial charge in [-0.05, 0) is 29.8 Å². The first-order valence-electron chi connectivity index (χ1n) is 7.23. The third kappa shape index (κ3) is 3.27. The number of nitrogens with zero attached hydrogens (tertiary/aromatic N) is 2. The lowest BCUT2D eigenvalue weighted by atomic mass is 10.1. The summed E-state index contributed by atoms with van der Waals surface area (Å²) in [6.45, 7) is 0.747. The number of rotatable bonds is 3. The molecule has 24 heavy (non-hydrogen) atoms. The standard InChI is InChI=1S/C16H14N2O4S2/c17-10-12-9-11(14-3-4-15(23-14)16(19)20)1-2-13(12)18-5-7-24(21,22)8-6-18/h1-4,9H,5-8H2,(H,19,20). The molecule has 0 unspecified atom stereocenters. The van der Waals surface area contributed by atoms with Crippen molar-refractivity contribution in [2.75, 3.05) is 29.5 Å². The van der Waals surface area contributed by atoms with Gasteiger partial charge >= 0.3 is 5.97 Å². The second kappa shape index (κ2) is 6.26. The molecule has 8 heteroatoms. The van der Waals surface area contributed by atoms with Gasteiger partial charge in [0.05, 0.1) is 22.8 Å². The van der Waals surface area contributed by atoms with Gasteiger partial charge in [-0.25, -0.2) is 13.2 Å². The fourth-order valence-electron chi connectivity index (χ4n) is 2.62. The van der Waals surface area contributed by atoms with Crippen molar-refractivity contribution in [3.05, 3.63) is 40.8 Å². The molecule has 0 bridgehead atoms. The molecule has 6 nitrogen and oxygen atoms in total. The fraction of sp³-hybridized carbons (Fsp3) is 0.250. The number of aromatic carboxylic acids is 1. The van der Waals surface area contributed by atoms with Gasteiger partial charge in [-0.3, -0.25) is 0 Å². The summed E-state index contributed by atoms with van der Waals surface area (Å²) in [5.41, 5.74) is 1.95. The van der Waals surface area contributed by atoms with Crippen molar-refractivity contribution in [3.63, 3.8) is 0 Å². The average molecular weight is 362 g/mol. The minimum Gasteiger partial charge on any atom is -0.477 e. The molecule has 0 amide bonds. The van der Waals surface area contributed by atoms with Gasteiger partial charge in [0.2, 0.25) is 0 Å². The van der Waals surface area contributed by atoms with Crippen molar-refractivity contribution >= 4 is 32.8 Å². The predicted molar refractivity (Wildman–Crippen MR) is 92.3 cm³/mol. The molecule has 2 heterocycles. The Morgan fingerprint density at radius 3 is 2.50 bits per heavy atom. The van der Waals surface area contributed by atoms with E-state index >= 15 is 0 Å². The van der Waals surface area contributed by atoms with E-state index in [4.69, 9.17) is 5.11 Å². The van der Waals surface area contributed by atoms with E-state index in [1.165, 1.54) is 6.07 Å². The first kappa shape index (κ1) is 16.5. The lowest BCUT2D eigenvalue weighted by Crippen LogP contribution is -2.40. The van der Waals surface area contributed by atoms with Crippen LogP contribution in [0.15, 0.2) is 30.3 Å². The van der Waals surface area contributed by atoms with Crippen LogP contribution in [0.4, 0.5) is 5.69 Å². The summed E-state index contributed by atoms with van der Waals surface area (Å²) in [5.74, 6) is -0.795. The third-order valence-electron chi connectivity index (χ3n) is 3.90. The number of carboxylic acid groups (broad SMARTS) is 1. The van der Waals surface area contributed by atoms with Crippen LogP contribution in [0, 0.1) is 11.3 Å². The molecular formula is C16H14N2O4S2. The highest BCUT2D eigenvalue weighted by atomic mass is 32.2. The van der Waals surface area contributed by atoms with Crippen LogP contribution in [0.1, 0.15) is 15.2 Å². The highest BCUT2D eigenvalue weighted by Crippen LogP contribution is 2.32. The summed E-state index contributed by atoms with van der Waals surface area (Å²) in [6, 6.07) is 10.8. The van der Waals surface area contributed by atoms with Gasteiger partial charge in [0.25, 0.3) is 0 Å². The Labute approximate surface area is 143 Å². The molecule has 2 aromatic rings. The van der Waals surface area contributed by atoms with Crippen molar-refractivity contribution in [3.8, 4) is 16.5 Å². The van der Waals surface area contributed by atoms with Crippen LogP contribution in [0.3, 0.4) is 0 Å². The molecule has 1 aliphatic rings. The third-order valence-corrected chi connectivity index (χ3v) is 6.63. The number of hydrogen-bond donors (Lipinski definition) is 1. The number of benzene rings is 1. The van der Waals surface area contributed by atoms with Gasteiger partial charge in [0.1, 0.15) is 10.9 Å². The minimum absolute atomic E-state index is 0.0898. The fourth-order valence-corrected chi connectivity index (χ4v) is 4.66. The van der Waals surface area contributed by atoms with E-state index in [9.17, 15) is 18.5 Å². The molecule has 1 N–H and O–H groups in total. The van der Waals surface area contributed by atoms with E-state index in [2.05, 4.69) is 6.07 Å². The Kier molecular flexibility index (Phi) is 4.30. The molecule has 0 radical (unpaired) electrons. The number of nitriles is 1. The minimum atomic E-state index is -2.98. The zero-order valence-electron chi connectivity index (χ0n) is 12.6. The average Bonchev–Trinajstić information content (AvgIpc) is 3.05. The topological polar surface area (TPSA) is 98.5 Å². The van der Waals surface area contributed by atoms with Crippen molar-refractivity contribution in [1.29, 1.82) is 5.26 Å². The van der Waals surface area contributed by atoms with Crippen LogP contribution in [-0.2, 0) is 9.84 Å². The monoisotopic (exact) mass is 362 g/mol. The van der Waals surface area contributed by atoms with Crippen LogP contribution in [0.25, 0.3) is 10.4 Å². The Hall–Kier alpha value is -2.37. The lowest BCUT2D eigenvalue weighted by molar-refractivity contribution is 0.0702. The number of sulfone groups is 1. The SMILES string of the molecule is N#Cc1cc(-c2ccc(C(=O)O)s2)ccc1N1CCS(=O)(=O)CC1. The van der Waals surface area contributed by atoms with E-state index in [0.717, 1.165) is 21.8 Å². The largest absolute Gasteiger partial charge is 0.477 e. The van der Waals surface area contributed by atoms with Crippen molar-refractivity contribution in [1.82, 2.24) is 0 Å². The Balaban J connectivity index is 1.91. The molecule has 1 fully saturated rings. The molecule has 1 aromatic carbocycles. The predicted octanol–water partition coefficient (Wildman–Crippen LogP) is 2.22. The summed E-state index contributed by atoms with van der Waals surface area (Å²) >= 11 is 1.15. The Bertz CT molecular complexity index is 927. The van der Waals surface area contributed by atoms with Gasteiger partial charge in [-0.1, -0.05) is 6.07 Å². The van der Waals surface area contributed by atoms with Gasteiger partial charge in [-0.2, -0.15) is 5.26 Å². The van der Waals surface area contributed by atoms with Gasteiger partial charge in [0.15, 0.2) is 9.84 Å². The molecule has 0 atom stereocenters. The molecular weight excluding hydrogens is 348 g/mol. The van der Waals surface area contributed by atoms with Gasteiger partial charge in [0, 0.05) is 18.0 Å². The van der Waals surface area contributed by atoms with Crippen molar-refractivity contribution in [2.24, 2.45) is 0 Å². The maximum atomic E-state index is 11.5. The van der Waals surface area contributed by atoms with Crippen LogP contribution in [0.2, 0.25) is 0 Å². The smallest absolute Gasteiger partial charge is 0.345 e. The molecule has 3 rings (SSSR count). The van der Waals surface area contributed by atoms with Crippen LogP contribution >= 0.6 is 11.3 Å². The summed E-state index contributed by atoms with van der Waals surface area (Å²) in [5, 5.41) is 18.4. The molecule has 0 saturated carbocycles. The number of hydrogen-bond acceptors (Lipinski definition) is 6. The van der Waals surface area contributed by atoms with E-state index < -0.39 is 15.8 Å². The van der Waals surface area contributed by atoms with E-state index in [1.807, 2.05) is 11.0 Å². The zero-order valence-corrected chi connectivity index (χ0v) is 14.2. The van der Waals surface area contributed by atoms with Crippen LogP contribution in [-0.4, -0.2) is 44.1 Å². The van der Waals surface area contributed by atoms with Crippen molar-refractivity contribution < 1.29 is 18.3 Å². The molecule has 1 saturated heterocycles. The summed E-state index contributed by atoms with van der Waals surface area (Å²) in [4.78, 5) is 13.9. The Morgan fingerprint density at radius 1 is 1.21 bits per heavy atom. The van der Waals surface area contributed by atoms with Crippen LogP contribution in [0.5, 0.6) is 0 Å². The van der Waals surface area contributed by atoms with E-state index in [-0.39, 0.29) is 16.4 Å². The molecule has 1 aliphatic heterocycles. The summed E-state index contributed by atoms with van der Waals surface area (Å²) < 4.78 is 23.1. The molecule has 0 spiro atoms. The molecule has 1 aromatic heterocycles. The normalized spacial score (nSPS) is 16.5. The second-order valence-electron chi connectivity index (χ2n) is 5.45. The maximum absolute atomic E-state index is 11.5. The maximum Gasteiger partial charge on any atom is 0.345 e. The first-order chi connectivity index (χ1) is 11.4. The molecule has 124 valence electrons. The highest BCUT2D eigenvalue weighted by molar-refractivity contribution is 7.91. The second-order valence-corrected chi connectivity index (χ2v) is 8.84. The highest BCUT2D eigenvalue weighted by Gasteiger charge is 2.23. The molecule has 0 aliphatic carbocycles. The number of thiophene rings is 1. The zero-order chi connectivity index (χ0) is 17.3.